The Labute approximate surface area is 288 Å². The minimum absolute atomic E-state index is 0.00510. The number of nitrogens with two attached hydrogens (primary N) is 3. The molecule has 49 heavy (non-hydrogen) atoms. The Morgan fingerprint density at radius 2 is 1.73 bits per heavy atom. The molecule has 0 aromatic heterocycles. The summed E-state index contributed by atoms with van der Waals surface area (Å²) >= 11 is 0. The summed E-state index contributed by atoms with van der Waals surface area (Å²) in [5, 5.41) is 3.48. The van der Waals surface area contributed by atoms with Gasteiger partial charge in [-0.3, -0.25) is 14.6 Å². The number of allylic oxidation sites excluding steroid dienone is 3. The average Bonchev–Trinajstić information content (AvgIpc) is 3.46. The fourth-order valence-corrected chi connectivity index (χ4v) is 5.50. The summed E-state index contributed by atoms with van der Waals surface area (Å²) < 4.78 is 11.1. The summed E-state index contributed by atoms with van der Waals surface area (Å²) in [5.74, 6) is 1.59. The Morgan fingerprint density at radius 3 is 2.35 bits per heavy atom. The van der Waals surface area contributed by atoms with E-state index in [-0.39, 0.29) is 24.6 Å². The number of piperazine rings is 1. The zero-order valence-electron chi connectivity index (χ0n) is 28.2. The van der Waals surface area contributed by atoms with Gasteiger partial charge in [-0.25, -0.2) is 0 Å². The molecular formula is C37H46N8O4. The molecule has 2 aliphatic rings. The second-order valence-electron chi connectivity index (χ2n) is 11.4. The second kappa shape index (κ2) is 17.3. The molecule has 0 radical (unpaired) electrons. The van der Waals surface area contributed by atoms with Gasteiger partial charge in [-0.1, -0.05) is 44.4 Å². The number of carbonyl (C=O) groups is 2. The number of primary amides is 1. The van der Waals surface area contributed by atoms with Gasteiger partial charge in [0, 0.05) is 44.0 Å². The van der Waals surface area contributed by atoms with E-state index in [1.165, 1.54) is 0 Å². The molecule has 2 amide bonds. The van der Waals surface area contributed by atoms with E-state index in [0.29, 0.717) is 30.2 Å². The van der Waals surface area contributed by atoms with Crippen LogP contribution < -0.4 is 41.8 Å². The van der Waals surface area contributed by atoms with Crippen LogP contribution in [0.25, 0.3) is 0 Å². The minimum atomic E-state index is -0.458. The summed E-state index contributed by atoms with van der Waals surface area (Å²) in [6.07, 6.45) is 5.73. The van der Waals surface area contributed by atoms with E-state index in [4.69, 9.17) is 26.7 Å². The molecule has 258 valence electrons. The largest absolute Gasteiger partial charge is 0.497 e. The molecule has 0 bridgehead atoms. The number of nitrogens with one attached hydrogen (secondary N) is 1. The molecule has 12 heteroatoms. The molecule has 3 aromatic rings. The highest BCUT2D eigenvalue weighted by atomic mass is 16.5. The molecule has 12 nitrogen and oxygen atoms in total. The van der Waals surface area contributed by atoms with Gasteiger partial charge in [-0.2, -0.15) is 0 Å². The quantitative estimate of drug-likeness (QED) is 0.0951. The van der Waals surface area contributed by atoms with Crippen molar-refractivity contribution in [2.24, 2.45) is 22.2 Å². The lowest BCUT2D eigenvalue weighted by molar-refractivity contribution is -0.116. The normalized spacial score (nSPS) is 15.0. The van der Waals surface area contributed by atoms with Gasteiger partial charge in [-0.05, 0) is 72.7 Å². The third kappa shape index (κ3) is 9.80. The molecule has 0 aliphatic carbocycles. The Balaban J connectivity index is 0.000000698. The predicted octanol–water partition coefficient (Wildman–Crippen LogP) is 4.38. The van der Waals surface area contributed by atoms with Crippen LogP contribution in [-0.2, 0) is 4.79 Å². The number of ether oxygens (including phenoxy) is 2. The van der Waals surface area contributed by atoms with Gasteiger partial charge >= 0.3 is 0 Å². The molecule has 0 spiro atoms. The first-order valence-corrected chi connectivity index (χ1v) is 16.1. The average molecular weight is 667 g/mol. The number of anilines is 3. The molecule has 3 aromatic carbocycles. The van der Waals surface area contributed by atoms with Crippen molar-refractivity contribution < 1.29 is 19.1 Å². The van der Waals surface area contributed by atoms with Gasteiger partial charge in [-0.15, -0.1) is 0 Å². The molecule has 1 unspecified atom stereocenters. The number of nitrogens with zero attached hydrogens (tertiary/aromatic N) is 4. The van der Waals surface area contributed by atoms with E-state index in [9.17, 15) is 9.59 Å². The number of amides is 2. The van der Waals surface area contributed by atoms with E-state index in [2.05, 4.69) is 28.4 Å². The lowest BCUT2D eigenvalue weighted by Gasteiger charge is -2.36. The maximum atomic E-state index is 13.5. The molecule has 1 saturated heterocycles. The topological polar surface area (TPSA) is 165 Å². The van der Waals surface area contributed by atoms with Crippen molar-refractivity contribution in [1.82, 2.24) is 4.90 Å². The fourth-order valence-electron chi connectivity index (χ4n) is 5.50. The second-order valence-corrected chi connectivity index (χ2v) is 11.4. The van der Waals surface area contributed by atoms with Gasteiger partial charge in [0.15, 0.2) is 5.96 Å². The third-order valence-corrected chi connectivity index (χ3v) is 7.85. The van der Waals surface area contributed by atoms with Crippen molar-refractivity contribution in [2.45, 2.75) is 19.5 Å². The van der Waals surface area contributed by atoms with Crippen molar-refractivity contribution in [3.8, 4) is 11.5 Å². The molecule has 5 rings (SSSR count). The SMILES string of the molecule is C=C/C=C\C(=C)Oc1cccc(C2Nc3cc(C(=O)N4CCN(c5ccc(OC)cc5)CC4)ccc3N2CC(N)=O)c1.CCCN=C(N)N. The Bertz CT molecular complexity index is 1680. The maximum absolute atomic E-state index is 13.5. The van der Waals surface area contributed by atoms with Gasteiger partial charge in [0.05, 0.1) is 25.0 Å². The summed E-state index contributed by atoms with van der Waals surface area (Å²) in [5.41, 5.74) is 19.8. The van der Waals surface area contributed by atoms with Gasteiger partial charge in [0.25, 0.3) is 5.91 Å². The number of benzene rings is 3. The van der Waals surface area contributed by atoms with Gasteiger partial charge in [0.2, 0.25) is 5.91 Å². The van der Waals surface area contributed by atoms with Gasteiger partial charge < -0.3 is 46.7 Å². The standard InChI is InChI=1S/C33H35N5O4.C4H11N3/c1-4-5-7-23(2)42-28-9-6-8-24(20-28)32-35-29-21-25(10-15-30(29)38(32)22-31(34)39)33(40)37-18-16-36(17-19-37)26-11-13-27(41-3)14-12-26;1-2-3-7-4(5)6/h4-15,20-21,32,35H,1-2,16-19,22H2,3H3,(H2,34,39);2-3H2,1H3,(H4,5,6,7)/b7-5-;. The first-order valence-electron chi connectivity index (χ1n) is 16.1. The first kappa shape index (κ1) is 35.9. The van der Waals surface area contributed by atoms with Gasteiger partial charge in [0.1, 0.15) is 23.4 Å². The van der Waals surface area contributed by atoms with Crippen LogP contribution in [0.1, 0.15) is 35.4 Å². The number of hydrogen-bond acceptors (Lipinski definition) is 8. The summed E-state index contributed by atoms with van der Waals surface area (Å²) in [6.45, 7) is 13.0. The fraction of sp³-hybridized carbons (Fsp3) is 0.270. The molecule has 2 aliphatic heterocycles. The lowest BCUT2D eigenvalue weighted by atomic mass is 10.1. The minimum Gasteiger partial charge on any atom is -0.497 e. The van der Waals surface area contributed by atoms with Crippen LogP contribution >= 0.6 is 0 Å². The number of methoxy groups -OCH3 is 1. The summed E-state index contributed by atoms with van der Waals surface area (Å²) in [7, 11) is 1.65. The molecule has 1 atom stereocenters. The highest BCUT2D eigenvalue weighted by molar-refractivity contribution is 5.97. The number of guanidine groups is 1. The molecule has 7 N–H and O–H groups in total. The highest BCUT2D eigenvalue weighted by Crippen LogP contribution is 2.42. The zero-order chi connectivity index (χ0) is 35.3. The van der Waals surface area contributed by atoms with E-state index in [1.54, 1.807) is 25.3 Å². The van der Waals surface area contributed by atoms with E-state index in [0.717, 1.165) is 54.4 Å². The predicted molar refractivity (Wildman–Crippen MR) is 197 cm³/mol. The monoisotopic (exact) mass is 666 g/mol. The lowest BCUT2D eigenvalue weighted by Crippen LogP contribution is -2.48. The smallest absolute Gasteiger partial charge is 0.254 e. The first-order chi connectivity index (χ1) is 23.6. The summed E-state index contributed by atoms with van der Waals surface area (Å²) in [4.78, 5) is 35.3. The van der Waals surface area contributed by atoms with Crippen LogP contribution in [0.3, 0.4) is 0 Å². The molecule has 2 heterocycles. The van der Waals surface area contributed by atoms with Crippen molar-refractivity contribution in [3.63, 3.8) is 0 Å². The van der Waals surface area contributed by atoms with Crippen LogP contribution in [0, 0.1) is 0 Å². The van der Waals surface area contributed by atoms with E-state index in [1.807, 2.05) is 83.5 Å². The number of aliphatic imine (C=N–C) groups is 1. The Kier molecular flexibility index (Phi) is 12.7. The van der Waals surface area contributed by atoms with E-state index >= 15 is 0 Å². The highest BCUT2D eigenvalue weighted by Gasteiger charge is 2.32. The van der Waals surface area contributed by atoms with E-state index < -0.39 is 5.91 Å². The molecular weight excluding hydrogens is 620 g/mol. The van der Waals surface area contributed by atoms with Crippen LogP contribution in [0.15, 0.2) is 109 Å². The van der Waals surface area contributed by atoms with Crippen LogP contribution in [0.4, 0.5) is 17.1 Å². The number of carbonyl (C=O) groups excluding carboxylic acids is 2. The van der Waals surface area contributed by atoms with Crippen molar-refractivity contribution in [2.75, 3.05) is 61.5 Å². The molecule has 1 fully saturated rings. The Morgan fingerprint density at radius 1 is 1.00 bits per heavy atom. The van der Waals surface area contributed by atoms with Crippen molar-refractivity contribution in [3.05, 3.63) is 115 Å². The van der Waals surface area contributed by atoms with Crippen LogP contribution in [-0.4, -0.2) is 69.1 Å². The molecule has 0 saturated carbocycles. The number of hydrogen-bond donors (Lipinski definition) is 4. The van der Waals surface area contributed by atoms with Crippen molar-refractivity contribution >= 4 is 34.8 Å². The zero-order valence-corrected chi connectivity index (χ0v) is 28.2. The van der Waals surface area contributed by atoms with Crippen molar-refractivity contribution in [1.29, 1.82) is 0 Å². The van der Waals surface area contributed by atoms with Crippen LogP contribution in [0.5, 0.6) is 11.5 Å². The number of rotatable bonds is 12. The number of fused-ring (bicyclic) bond motifs is 1. The maximum Gasteiger partial charge on any atom is 0.254 e. The van der Waals surface area contributed by atoms with Crippen LogP contribution in [0.2, 0.25) is 0 Å². The third-order valence-electron chi connectivity index (χ3n) is 7.85. The Hall–Kier alpha value is -5.91. The summed E-state index contributed by atoms with van der Waals surface area (Å²) in [6, 6.07) is 21.0.